The molecule has 0 saturated carbocycles. The van der Waals surface area contributed by atoms with Crippen molar-refractivity contribution < 1.29 is 9.59 Å². The van der Waals surface area contributed by atoms with Gasteiger partial charge in [-0.05, 0) is 42.2 Å². The lowest BCUT2D eigenvalue weighted by atomic mass is 10.1. The number of carbonyl (C=O) groups is 2. The first-order valence-electron chi connectivity index (χ1n) is 7.72. The minimum atomic E-state index is -0.0790. The highest BCUT2D eigenvalue weighted by Gasteiger charge is 2.05. The molecule has 120 valence electrons. The molecule has 0 radical (unpaired) electrons. The predicted octanol–water partition coefficient (Wildman–Crippen LogP) is 2.60. The minimum absolute atomic E-state index is 0.0666. The molecule has 2 N–H and O–H groups in total. The van der Waals surface area contributed by atoms with E-state index >= 15 is 0 Å². The highest BCUT2D eigenvalue weighted by atomic mass is 16.2. The fraction of sp³-hybridized carbons (Fsp3) is 0.263. The molecule has 4 nitrogen and oxygen atoms in total. The largest absolute Gasteiger partial charge is 0.352 e. The van der Waals surface area contributed by atoms with Gasteiger partial charge in [0.15, 0.2) is 0 Å². The number of amides is 2. The van der Waals surface area contributed by atoms with Crippen LogP contribution in [0.3, 0.4) is 0 Å². The fourth-order valence-corrected chi connectivity index (χ4v) is 2.30. The number of hydrogen-bond acceptors (Lipinski definition) is 2. The summed E-state index contributed by atoms with van der Waals surface area (Å²) in [5.41, 5.74) is 4.08. The Morgan fingerprint density at radius 2 is 1.65 bits per heavy atom. The van der Waals surface area contributed by atoms with Crippen molar-refractivity contribution in [2.75, 3.05) is 6.54 Å². The molecule has 0 aliphatic rings. The van der Waals surface area contributed by atoms with Crippen LogP contribution in [0.25, 0.3) is 0 Å². The Hall–Kier alpha value is -2.62. The van der Waals surface area contributed by atoms with Gasteiger partial charge in [-0.3, -0.25) is 9.59 Å². The van der Waals surface area contributed by atoms with Crippen LogP contribution in [-0.2, 0) is 17.8 Å². The maximum absolute atomic E-state index is 12.1. The van der Waals surface area contributed by atoms with Crippen molar-refractivity contribution in [3.05, 3.63) is 70.8 Å². The summed E-state index contributed by atoms with van der Waals surface area (Å²) in [5, 5.41) is 5.66. The van der Waals surface area contributed by atoms with Crippen LogP contribution in [-0.4, -0.2) is 18.4 Å². The molecule has 2 amide bonds. The van der Waals surface area contributed by atoms with Crippen molar-refractivity contribution in [3.63, 3.8) is 0 Å². The molecule has 4 heteroatoms. The molecule has 0 fully saturated rings. The topological polar surface area (TPSA) is 58.2 Å². The number of hydrogen-bond donors (Lipinski definition) is 2. The van der Waals surface area contributed by atoms with Crippen molar-refractivity contribution >= 4 is 11.8 Å². The van der Waals surface area contributed by atoms with Crippen LogP contribution in [0.5, 0.6) is 0 Å². The van der Waals surface area contributed by atoms with Gasteiger partial charge in [0, 0.05) is 25.6 Å². The van der Waals surface area contributed by atoms with Crippen LogP contribution in [0.4, 0.5) is 0 Å². The third-order valence-electron chi connectivity index (χ3n) is 3.70. The van der Waals surface area contributed by atoms with Crippen molar-refractivity contribution in [3.8, 4) is 0 Å². The first-order chi connectivity index (χ1) is 11.1. The number of carbonyl (C=O) groups excluding carboxylic acids is 2. The van der Waals surface area contributed by atoms with E-state index in [1.165, 1.54) is 18.1 Å². The van der Waals surface area contributed by atoms with Crippen LogP contribution < -0.4 is 10.6 Å². The van der Waals surface area contributed by atoms with E-state index in [0.717, 1.165) is 12.0 Å². The van der Waals surface area contributed by atoms with Crippen LogP contribution in [0.1, 0.15) is 34.0 Å². The first kappa shape index (κ1) is 16.7. The Morgan fingerprint density at radius 3 is 2.30 bits per heavy atom. The Kier molecular flexibility index (Phi) is 5.92. The summed E-state index contributed by atoms with van der Waals surface area (Å²) < 4.78 is 0. The summed E-state index contributed by atoms with van der Waals surface area (Å²) in [6.45, 7) is 4.64. The molecule has 0 aliphatic heterocycles. The fourth-order valence-electron chi connectivity index (χ4n) is 2.30. The number of rotatable bonds is 6. The van der Waals surface area contributed by atoms with Crippen molar-refractivity contribution in [2.45, 2.75) is 26.8 Å². The quantitative estimate of drug-likeness (QED) is 0.861. The van der Waals surface area contributed by atoms with Gasteiger partial charge in [-0.1, -0.05) is 36.4 Å². The molecule has 0 aromatic heterocycles. The zero-order chi connectivity index (χ0) is 16.7. The normalized spacial score (nSPS) is 10.2. The molecule has 0 aliphatic carbocycles. The van der Waals surface area contributed by atoms with Gasteiger partial charge in [0.1, 0.15) is 0 Å². The van der Waals surface area contributed by atoms with E-state index in [9.17, 15) is 9.59 Å². The average Bonchev–Trinajstić information content (AvgIpc) is 2.55. The first-order valence-corrected chi connectivity index (χ1v) is 7.72. The lowest BCUT2D eigenvalue weighted by Crippen LogP contribution is -2.26. The predicted molar refractivity (Wildman–Crippen MR) is 91.2 cm³/mol. The smallest absolute Gasteiger partial charge is 0.251 e. The molecule has 0 bridgehead atoms. The molecule has 2 aromatic rings. The highest BCUT2D eigenvalue weighted by molar-refractivity contribution is 5.94. The number of aryl methyl sites for hydroxylation is 1. The van der Waals surface area contributed by atoms with E-state index in [0.29, 0.717) is 18.7 Å². The average molecular weight is 310 g/mol. The van der Waals surface area contributed by atoms with Gasteiger partial charge in [0.2, 0.25) is 5.91 Å². The zero-order valence-corrected chi connectivity index (χ0v) is 13.6. The van der Waals surface area contributed by atoms with E-state index in [4.69, 9.17) is 0 Å². The molecule has 0 saturated heterocycles. The van der Waals surface area contributed by atoms with Crippen LogP contribution in [0.15, 0.2) is 48.5 Å². The van der Waals surface area contributed by atoms with Crippen LogP contribution >= 0.6 is 0 Å². The van der Waals surface area contributed by atoms with Gasteiger partial charge in [0.05, 0.1) is 0 Å². The van der Waals surface area contributed by atoms with Gasteiger partial charge in [-0.15, -0.1) is 0 Å². The monoisotopic (exact) mass is 310 g/mol. The van der Waals surface area contributed by atoms with Gasteiger partial charge in [-0.2, -0.15) is 0 Å². The Labute approximate surface area is 136 Å². The molecule has 23 heavy (non-hydrogen) atoms. The third kappa shape index (κ3) is 5.25. The molecule has 0 heterocycles. The summed E-state index contributed by atoms with van der Waals surface area (Å²) in [4.78, 5) is 23.0. The van der Waals surface area contributed by atoms with Gasteiger partial charge in [0.25, 0.3) is 5.91 Å². The summed E-state index contributed by atoms with van der Waals surface area (Å²) in [6, 6.07) is 15.4. The second kappa shape index (κ2) is 8.13. The van der Waals surface area contributed by atoms with E-state index in [2.05, 4.69) is 29.7 Å². The highest BCUT2D eigenvalue weighted by Crippen LogP contribution is 2.08. The Bertz CT molecular complexity index is 678. The van der Waals surface area contributed by atoms with Gasteiger partial charge < -0.3 is 10.6 Å². The van der Waals surface area contributed by atoms with Crippen molar-refractivity contribution in [2.24, 2.45) is 0 Å². The van der Waals surface area contributed by atoms with E-state index in [1.54, 1.807) is 12.1 Å². The summed E-state index contributed by atoms with van der Waals surface area (Å²) >= 11 is 0. The standard InChI is InChI=1S/C19H22N2O2/c1-14-5-3-4-6-17(14)11-12-20-19(23)18-9-7-16(8-10-18)13-21-15(2)22/h3-10H,11-13H2,1-2H3,(H,20,23)(H,21,22). The van der Waals surface area contributed by atoms with E-state index in [1.807, 2.05) is 24.3 Å². The molecule has 2 rings (SSSR count). The maximum Gasteiger partial charge on any atom is 0.251 e. The number of benzene rings is 2. The third-order valence-corrected chi connectivity index (χ3v) is 3.70. The zero-order valence-electron chi connectivity index (χ0n) is 13.6. The van der Waals surface area contributed by atoms with Crippen LogP contribution in [0, 0.1) is 6.92 Å². The lowest BCUT2D eigenvalue weighted by Gasteiger charge is -2.08. The van der Waals surface area contributed by atoms with Crippen molar-refractivity contribution in [1.82, 2.24) is 10.6 Å². The van der Waals surface area contributed by atoms with E-state index in [-0.39, 0.29) is 11.8 Å². The SMILES string of the molecule is CC(=O)NCc1ccc(C(=O)NCCc2ccccc2C)cc1. The maximum atomic E-state index is 12.1. The van der Waals surface area contributed by atoms with Crippen LogP contribution in [0.2, 0.25) is 0 Å². The molecule has 2 aromatic carbocycles. The Balaban J connectivity index is 1.83. The molecule has 0 unspecified atom stereocenters. The summed E-state index contributed by atoms with van der Waals surface area (Å²) in [6.07, 6.45) is 0.818. The van der Waals surface area contributed by atoms with E-state index < -0.39 is 0 Å². The Morgan fingerprint density at radius 1 is 0.957 bits per heavy atom. The van der Waals surface area contributed by atoms with Gasteiger partial charge in [-0.25, -0.2) is 0 Å². The number of nitrogens with one attached hydrogen (secondary N) is 2. The minimum Gasteiger partial charge on any atom is -0.352 e. The molecular formula is C19H22N2O2. The van der Waals surface area contributed by atoms with Crippen molar-refractivity contribution in [1.29, 1.82) is 0 Å². The van der Waals surface area contributed by atoms with Gasteiger partial charge >= 0.3 is 0 Å². The molecular weight excluding hydrogens is 288 g/mol. The molecule has 0 atom stereocenters. The summed E-state index contributed by atoms with van der Waals surface area (Å²) in [5.74, 6) is -0.146. The second-order valence-electron chi connectivity index (χ2n) is 5.54. The second-order valence-corrected chi connectivity index (χ2v) is 5.54. The lowest BCUT2D eigenvalue weighted by molar-refractivity contribution is -0.119. The summed E-state index contributed by atoms with van der Waals surface area (Å²) in [7, 11) is 0. The molecule has 0 spiro atoms.